The third-order valence-corrected chi connectivity index (χ3v) is 4.52. The van der Waals surface area contributed by atoms with Crippen molar-refractivity contribution in [3.05, 3.63) is 60.2 Å². The standard InChI is InChI=1S/C22H27NO4/c24-22(17-25-14-15-26-19-9-2-1-3-10-19)23-16-18-8-4-7-13-21(18)27-20-11-5-6-12-20/h1-4,7-10,13,20H,5-6,11-12,14-17H2,(H,23,24). The minimum absolute atomic E-state index is 0.0177. The van der Waals surface area contributed by atoms with Crippen LogP contribution in [0.15, 0.2) is 54.6 Å². The number of nitrogens with one attached hydrogen (secondary N) is 1. The van der Waals surface area contributed by atoms with Gasteiger partial charge in [0.2, 0.25) is 5.91 Å². The molecule has 0 heterocycles. The number of carbonyl (C=O) groups is 1. The van der Waals surface area contributed by atoms with Crippen LogP contribution in [0, 0.1) is 0 Å². The van der Waals surface area contributed by atoms with Gasteiger partial charge < -0.3 is 19.5 Å². The molecule has 0 atom stereocenters. The van der Waals surface area contributed by atoms with Crippen molar-refractivity contribution in [3.8, 4) is 11.5 Å². The molecule has 0 aliphatic heterocycles. The number of amides is 1. The average Bonchev–Trinajstić information content (AvgIpc) is 3.21. The third kappa shape index (κ3) is 6.61. The van der Waals surface area contributed by atoms with E-state index in [-0.39, 0.29) is 12.5 Å². The lowest BCUT2D eigenvalue weighted by Gasteiger charge is -2.16. The predicted octanol–water partition coefficient (Wildman–Crippen LogP) is 3.72. The van der Waals surface area contributed by atoms with Crippen LogP contribution in [-0.4, -0.2) is 31.8 Å². The first-order chi connectivity index (χ1) is 13.3. The Kier molecular flexibility index (Phi) is 7.54. The summed E-state index contributed by atoms with van der Waals surface area (Å²) in [7, 11) is 0. The zero-order valence-electron chi connectivity index (χ0n) is 15.6. The van der Waals surface area contributed by atoms with E-state index in [1.165, 1.54) is 12.8 Å². The minimum Gasteiger partial charge on any atom is -0.491 e. The highest BCUT2D eigenvalue weighted by atomic mass is 16.5. The maximum absolute atomic E-state index is 12.0. The highest BCUT2D eigenvalue weighted by Crippen LogP contribution is 2.26. The zero-order valence-corrected chi connectivity index (χ0v) is 15.6. The quantitative estimate of drug-likeness (QED) is 0.649. The number of carbonyl (C=O) groups excluding carboxylic acids is 1. The average molecular weight is 369 g/mol. The SMILES string of the molecule is O=C(COCCOc1ccccc1)NCc1ccccc1OC1CCCC1. The van der Waals surface area contributed by atoms with Crippen LogP contribution in [0.25, 0.3) is 0 Å². The maximum atomic E-state index is 12.0. The largest absolute Gasteiger partial charge is 0.491 e. The summed E-state index contributed by atoms with van der Waals surface area (Å²) >= 11 is 0. The molecule has 1 saturated carbocycles. The number of hydrogen-bond donors (Lipinski definition) is 1. The van der Waals surface area contributed by atoms with Crippen LogP contribution in [0.2, 0.25) is 0 Å². The van der Waals surface area contributed by atoms with E-state index in [1.807, 2.05) is 54.6 Å². The molecule has 0 aromatic heterocycles. The topological polar surface area (TPSA) is 56.8 Å². The summed E-state index contributed by atoms with van der Waals surface area (Å²) < 4.78 is 17.0. The fourth-order valence-corrected chi connectivity index (χ4v) is 3.10. The number of para-hydroxylation sites is 2. The number of ether oxygens (including phenoxy) is 3. The van der Waals surface area contributed by atoms with Crippen LogP contribution in [0.4, 0.5) is 0 Å². The van der Waals surface area contributed by atoms with Gasteiger partial charge in [0.15, 0.2) is 0 Å². The Morgan fingerprint density at radius 3 is 2.52 bits per heavy atom. The summed E-state index contributed by atoms with van der Waals surface area (Å²) in [5, 5.41) is 2.89. The van der Waals surface area contributed by atoms with E-state index in [9.17, 15) is 4.79 Å². The molecular formula is C22H27NO4. The summed E-state index contributed by atoms with van der Waals surface area (Å²) in [5.41, 5.74) is 0.991. The van der Waals surface area contributed by atoms with Gasteiger partial charge in [-0.15, -0.1) is 0 Å². The van der Waals surface area contributed by atoms with Gasteiger partial charge in [0.25, 0.3) is 0 Å². The zero-order chi connectivity index (χ0) is 18.7. The molecular weight excluding hydrogens is 342 g/mol. The molecule has 5 heteroatoms. The van der Waals surface area contributed by atoms with E-state index >= 15 is 0 Å². The van der Waals surface area contributed by atoms with E-state index in [0.29, 0.717) is 25.9 Å². The smallest absolute Gasteiger partial charge is 0.246 e. The van der Waals surface area contributed by atoms with Gasteiger partial charge in [0, 0.05) is 12.1 Å². The first-order valence-electron chi connectivity index (χ1n) is 9.58. The second kappa shape index (κ2) is 10.6. The summed E-state index contributed by atoms with van der Waals surface area (Å²) in [4.78, 5) is 12.0. The third-order valence-electron chi connectivity index (χ3n) is 4.52. The van der Waals surface area contributed by atoms with Crippen molar-refractivity contribution in [1.82, 2.24) is 5.32 Å². The van der Waals surface area contributed by atoms with Gasteiger partial charge in [0.05, 0.1) is 12.7 Å². The molecule has 1 amide bonds. The van der Waals surface area contributed by atoms with Crippen LogP contribution < -0.4 is 14.8 Å². The molecule has 0 bridgehead atoms. The molecule has 3 rings (SSSR count). The fraction of sp³-hybridized carbons (Fsp3) is 0.409. The Morgan fingerprint density at radius 2 is 1.70 bits per heavy atom. The Bertz CT molecular complexity index is 698. The number of hydrogen-bond acceptors (Lipinski definition) is 4. The molecule has 1 aliphatic carbocycles. The number of rotatable bonds is 10. The van der Waals surface area contributed by atoms with Gasteiger partial charge in [-0.1, -0.05) is 36.4 Å². The lowest BCUT2D eigenvalue weighted by atomic mass is 10.2. The molecule has 0 unspecified atom stereocenters. The van der Waals surface area contributed by atoms with E-state index in [0.717, 1.165) is 29.9 Å². The maximum Gasteiger partial charge on any atom is 0.246 e. The highest BCUT2D eigenvalue weighted by molar-refractivity contribution is 5.77. The molecule has 1 fully saturated rings. The first kappa shape index (κ1) is 19.2. The van der Waals surface area contributed by atoms with E-state index in [1.54, 1.807) is 0 Å². The highest BCUT2D eigenvalue weighted by Gasteiger charge is 2.17. The Hall–Kier alpha value is -2.53. The van der Waals surface area contributed by atoms with Gasteiger partial charge in [-0.05, 0) is 43.9 Å². The van der Waals surface area contributed by atoms with Crippen LogP contribution >= 0.6 is 0 Å². The second-order valence-electron chi connectivity index (χ2n) is 6.62. The lowest BCUT2D eigenvalue weighted by Crippen LogP contribution is -2.28. The molecule has 27 heavy (non-hydrogen) atoms. The van der Waals surface area contributed by atoms with Crippen molar-refractivity contribution in [2.45, 2.75) is 38.3 Å². The Balaban J connectivity index is 1.34. The molecule has 1 aliphatic rings. The number of benzene rings is 2. The van der Waals surface area contributed by atoms with Crippen molar-refractivity contribution in [2.75, 3.05) is 19.8 Å². The summed E-state index contributed by atoms with van der Waals surface area (Å²) in [5.74, 6) is 1.51. The summed E-state index contributed by atoms with van der Waals surface area (Å²) in [6.07, 6.45) is 4.98. The van der Waals surface area contributed by atoms with Crippen LogP contribution in [0.5, 0.6) is 11.5 Å². The molecule has 1 N–H and O–H groups in total. The predicted molar refractivity (Wildman–Crippen MR) is 104 cm³/mol. The van der Waals surface area contributed by atoms with Gasteiger partial charge in [-0.2, -0.15) is 0 Å². The van der Waals surface area contributed by atoms with Crippen molar-refractivity contribution in [3.63, 3.8) is 0 Å². The van der Waals surface area contributed by atoms with E-state index < -0.39 is 0 Å². The Morgan fingerprint density at radius 1 is 0.963 bits per heavy atom. The van der Waals surface area contributed by atoms with Crippen molar-refractivity contribution < 1.29 is 19.0 Å². The van der Waals surface area contributed by atoms with E-state index in [4.69, 9.17) is 14.2 Å². The van der Waals surface area contributed by atoms with Crippen molar-refractivity contribution >= 4 is 5.91 Å². The molecule has 2 aromatic rings. The molecule has 144 valence electrons. The van der Waals surface area contributed by atoms with Crippen LogP contribution in [-0.2, 0) is 16.1 Å². The van der Waals surface area contributed by atoms with E-state index in [2.05, 4.69) is 5.32 Å². The van der Waals surface area contributed by atoms with Gasteiger partial charge >= 0.3 is 0 Å². The second-order valence-corrected chi connectivity index (χ2v) is 6.62. The van der Waals surface area contributed by atoms with Crippen molar-refractivity contribution in [1.29, 1.82) is 0 Å². The molecule has 0 saturated heterocycles. The fourth-order valence-electron chi connectivity index (χ4n) is 3.10. The minimum atomic E-state index is -0.148. The Labute approximate surface area is 160 Å². The molecule has 0 radical (unpaired) electrons. The van der Waals surface area contributed by atoms with Gasteiger partial charge in [-0.25, -0.2) is 0 Å². The van der Waals surface area contributed by atoms with Crippen LogP contribution in [0.3, 0.4) is 0 Å². The summed E-state index contributed by atoms with van der Waals surface area (Å²) in [6.45, 7) is 1.23. The molecule has 0 spiro atoms. The van der Waals surface area contributed by atoms with Crippen molar-refractivity contribution in [2.24, 2.45) is 0 Å². The normalized spacial score (nSPS) is 14.1. The monoisotopic (exact) mass is 369 g/mol. The molecule has 5 nitrogen and oxygen atoms in total. The summed E-state index contributed by atoms with van der Waals surface area (Å²) in [6, 6.07) is 17.4. The van der Waals surface area contributed by atoms with Gasteiger partial charge in [0.1, 0.15) is 24.7 Å². The van der Waals surface area contributed by atoms with Gasteiger partial charge in [-0.3, -0.25) is 4.79 Å². The molecule has 2 aromatic carbocycles. The van der Waals surface area contributed by atoms with Crippen LogP contribution in [0.1, 0.15) is 31.2 Å². The first-order valence-corrected chi connectivity index (χ1v) is 9.58. The lowest BCUT2D eigenvalue weighted by molar-refractivity contribution is -0.126.